The maximum atomic E-state index is 12.8. The van der Waals surface area contributed by atoms with E-state index >= 15 is 0 Å². The number of halogens is 1. The van der Waals surface area contributed by atoms with Crippen molar-refractivity contribution in [2.45, 2.75) is 44.2 Å². The Morgan fingerprint density at radius 3 is 2.78 bits per heavy atom. The summed E-state index contributed by atoms with van der Waals surface area (Å²) in [6.07, 6.45) is 7.41. The third-order valence-corrected chi connectivity index (χ3v) is 3.87. The van der Waals surface area contributed by atoms with Crippen LogP contribution in [0.25, 0.3) is 0 Å². The van der Waals surface area contributed by atoms with Gasteiger partial charge in [-0.3, -0.25) is 4.98 Å². The minimum absolute atomic E-state index is 0.102. The van der Waals surface area contributed by atoms with Crippen LogP contribution in [0, 0.1) is 5.82 Å². The highest BCUT2D eigenvalue weighted by molar-refractivity contribution is 5.09. The van der Waals surface area contributed by atoms with Crippen molar-refractivity contribution in [3.8, 4) is 0 Å². The maximum Gasteiger partial charge on any atom is 0.141 e. The standard InChI is InChI=1S/C14H22FN3/c1-18(12-4-2-3-5-12)9-8-13(16)14-7-6-11(15)10-17-14/h6-7,10,12-13H,2-5,8-9,16H2,1H3. The topological polar surface area (TPSA) is 42.1 Å². The molecule has 0 aliphatic heterocycles. The number of nitrogens with zero attached hydrogens (tertiary/aromatic N) is 2. The molecular weight excluding hydrogens is 229 g/mol. The van der Waals surface area contributed by atoms with Gasteiger partial charge in [0.25, 0.3) is 0 Å². The van der Waals surface area contributed by atoms with Crippen molar-refractivity contribution in [1.82, 2.24) is 9.88 Å². The molecule has 0 saturated heterocycles. The molecule has 1 aliphatic carbocycles. The lowest BCUT2D eigenvalue weighted by Gasteiger charge is -2.25. The van der Waals surface area contributed by atoms with Crippen molar-refractivity contribution in [3.05, 3.63) is 29.8 Å². The fourth-order valence-corrected chi connectivity index (χ4v) is 2.62. The molecule has 100 valence electrons. The van der Waals surface area contributed by atoms with Gasteiger partial charge in [0.05, 0.1) is 11.9 Å². The summed E-state index contributed by atoms with van der Waals surface area (Å²) in [5, 5.41) is 0. The molecular formula is C14H22FN3. The number of rotatable bonds is 5. The lowest BCUT2D eigenvalue weighted by Crippen LogP contribution is -2.32. The maximum absolute atomic E-state index is 12.8. The first-order valence-corrected chi connectivity index (χ1v) is 6.74. The zero-order chi connectivity index (χ0) is 13.0. The molecule has 1 aromatic rings. The fourth-order valence-electron chi connectivity index (χ4n) is 2.62. The van der Waals surface area contributed by atoms with Gasteiger partial charge in [-0.1, -0.05) is 12.8 Å². The van der Waals surface area contributed by atoms with Crippen LogP contribution in [-0.2, 0) is 0 Å². The minimum atomic E-state index is -0.311. The molecule has 2 rings (SSSR count). The van der Waals surface area contributed by atoms with E-state index < -0.39 is 0 Å². The molecule has 1 aromatic heterocycles. The fraction of sp³-hybridized carbons (Fsp3) is 0.643. The van der Waals surface area contributed by atoms with E-state index in [1.54, 1.807) is 6.07 Å². The van der Waals surface area contributed by atoms with Crippen LogP contribution in [0.2, 0.25) is 0 Å². The summed E-state index contributed by atoms with van der Waals surface area (Å²) in [4.78, 5) is 6.43. The molecule has 1 unspecified atom stereocenters. The van der Waals surface area contributed by atoms with Crippen LogP contribution in [0.15, 0.2) is 18.3 Å². The molecule has 1 atom stereocenters. The van der Waals surface area contributed by atoms with E-state index in [1.807, 2.05) is 0 Å². The molecule has 0 aromatic carbocycles. The molecule has 1 heterocycles. The third-order valence-electron chi connectivity index (χ3n) is 3.87. The molecule has 1 fully saturated rings. The average molecular weight is 251 g/mol. The van der Waals surface area contributed by atoms with Crippen LogP contribution in [0.5, 0.6) is 0 Å². The second-order valence-electron chi connectivity index (χ2n) is 5.22. The van der Waals surface area contributed by atoms with Crippen molar-refractivity contribution in [2.75, 3.05) is 13.6 Å². The molecule has 18 heavy (non-hydrogen) atoms. The smallest absolute Gasteiger partial charge is 0.141 e. The van der Waals surface area contributed by atoms with E-state index in [9.17, 15) is 4.39 Å². The van der Waals surface area contributed by atoms with Crippen molar-refractivity contribution < 1.29 is 4.39 Å². The number of pyridine rings is 1. The van der Waals surface area contributed by atoms with E-state index in [0.717, 1.165) is 24.7 Å². The molecule has 0 bridgehead atoms. The average Bonchev–Trinajstić information content (AvgIpc) is 2.90. The molecule has 4 heteroatoms. The highest BCUT2D eigenvalue weighted by Gasteiger charge is 2.20. The van der Waals surface area contributed by atoms with Crippen molar-refractivity contribution in [1.29, 1.82) is 0 Å². The van der Waals surface area contributed by atoms with Crippen molar-refractivity contribution >= 4 is 0 Å². The van der Waals surface area contributed by atoms with Gasteiger partial charge < -0.3 is 10.6 Å². The van der Waals surface area contributed by atoms with Gasteiger partial charge in [-0.2, -0.15) is 0 Å². The summed E-state index contributed by atoms with van der Waals surface area (Å²) in [7, 11) is 2.17. The second-order valence-corrected chi connectivity index (χ2v) is 5.22. The van der Waals surface area contributed by atoms with Crippen LogP contribution >= 0.6 is 0 Å². The minimum Gasteiger partial charge on any atom is -0.323 e. The summed E-state index contributed by atoms with van der Waals surface area (Å²) < 4.78 is 12.8. The van der Waals surface area contributed by atoms with Crippen molar-refractivity contribution in [3.63, 3.8) is 0 Å². The van der Waals surface area contributed by atoms with Gasteiger partial charge in [0, 0.05) is 12.1 Å². The highest BCUT2D eigenvalue weighted by Crippen LogP contribution is 2.23. The van der Waals surface area contributed by atoms with Crippen LogP contribution in [-0.4, -0.2) is 29.5 Å². The Hall–Kier alpha value is -1.00. The van der Waals surface area contributed by atoms with Crippen LogP contribution in [0.4, 0.5) is 4.39 Å². The third kappa shape index (κ3) is 3.50. The highest BCUT2D eigenvalue weighted by atomic mass is 19.1. The van der Waals surface area contributed by atoms with Gasteiger partial charge in [0.15, 0.2) is 0 Å². The Morgan fingerprint density at radius 1 is 1.44 bits per heavy atom. The van der Waals surface area contributed by atoms with Crippen LogP contribution in [0.3, 0.4) is 0 Å². The summed E-state index contributed by atoms with van der Waals surface area (Å²) >= 11 is 0. The second kappa shape index (κ2) is 6.25. The summed E-state index contributed by atoms with van der Waals surface area (Å²) in [6, 6.07) is 3.71. The van der Waals surface area contributed by atoms with Crippen LogP contribution in [0.1, 0.15) is 43.8 Å². The van der Waals surface area contributed by atoms with Gasteiger partial charge in [-0.25, -0.2) is 4.39 Å². The first kappa shape index (κ1) is 13.4. The SMILES string of the molecule is CN(CCC(N)c1ccc(F)cn1)C1CCCC1. The van der Waals surface area contributed by atoms with Crippen LogP contribution < -0.4 is 5.73 Å². The summed E-state index contributed by atoms with van der Waals surface area (Å²) in [6.45, 7) is 0.977. The first-order chi connectivity index (χ1) is 8.66. The monoisotopic (exact) mass is 251 g/mol. The Kier molecular flexibility index (Phi) is 4.66. The van der Waals surface area contributed by atoms with E-state index in [-0.39, 0.29) is 11.9 Å². The van der Waals surface area contributed by atoms with Gasteiger partial charge >= 0.3 is 0 Å². The Labute approximate surface area is 108 Å². The number of nitrogens with two attached hydrogens (primary N) is 1. The summed E-state index contributed by atoms with van der Waals surface area (Å²) in [5.41, 5.74) is 6.85. The predicted molar refractivity (Wildman–Crippen MR) is 70.6 cm³/mol. The lowest BCUT2D eigenvalue weighted by molar-refractivity contribution is 0.236. The lowest BCUT2D eigenvalue weighted by atomic mass is 10.1. The zero-order valence-electron chi connectivity index (χ0n) is 11.0. The molecule has 1 aliphatic rings. The summed E-state index contributed by atoms with van der Waals surface area (Å²) in [5.74, 6) is -0.311. The molecule has 0 radical (unpaired) electrons. The molecule has 0 spiro atoms. The molecule has 3 nitrogen and oxygen atoms in total. The van der Waals surface area contributed by atoms with Gasteiger partial charge in [0.1, 0.15) is 5.82 Å². The predicted octanol–water partition coefficient (Wildman–Crippen LogP) is 2.49. The molecule has 1 saturated carbocycles. The van der Waals surface area contributed by atoms with E-state index in [1.165, 1.54) is 37.9 Å². The Bertz CT molecular complexity index is 360. The van der Waals surface area contributed by atoms with Gasteiger partial charge in [-0.15, -0.1) is 0 Å². The largest absolute Gasteiger partial charge is 0.323 e. The molecule has 2 N–H and O–H groups in total. The zero-order valence-corrected chi connectivity index (χ0v) is 11.0. The Balaban J connectivity index is 1.80. The normalized spacial score (nSPS) is 18.4. The van der Waals surface area contributed by atoms with E-state index in [2.05, 4.69) is 16.9 Å². The number of hydrogen-bond donors (Lipinski definition) is 1. The first-order valence-electron chi connectivity index (χ1n) is 6.74. The van der Waals surface area contributed by atoms with Crippen molar-refractivity contribution in [2.24, 2.45) is 5.73 Å². The quantitative estimate of drug-likeness (QED) is 0.874. The van der Waals surface area contributed by atoms with E-state index in [0.29, 0.717) is 0 Å². The van der Waals surface area contributed by atoms with Gasteiger partial charge in [0.2, 0.25) is 0 Å². The van der Waals surface area contributed by atoms with E-state index in [4.69, 9.17) is 5.73 Å². The Morgan fingerprint density at radius 2 is 2.17 bits per heavy atom. The number of aromatic nitrogens is 1. The molecule has 0 amide bonds. The number of hydrogen-bond acceptors (Lipinski definition) is 3. The van der Waals surface area contributed by atoms with Gasteiger partial charge in [-0.05, 0) is 45.0 Å².